The van der Waals surface area contributed by atoms with E-state index in [0.717, 1.165) is 0 Å². The summed E-state index contributed by atoms with van der Waals surface area (Å²) in [5.41, 5.74) is 5.36. The summed E-state index contributed by atoms with van der Waals surface area (Å²) in [7, 11) is 0. The second-order valence-electron chi connectivity index (χ2n) is 2.89. The van der Waals surface area contributed by atoms with Gasteiger partial charge in [0.1, 0.15) is 0 Å². The predicted molar refractivity (Wildman–Crippen MR) is 45.0 cm³/mol. The summed E-state index contributed by atoms with van der Waals surface area (Å²) in [6, 6.07) is 4.42. The number of benzene rings is 1. The number of hydrogen-bond donors (Lipinski definition) is 0. The predicted octanol–water partition coefficient (Wildman–Crippen LogP) is 2.20. The molecule has 0 spiro atoms. The van der Waals surface area contributed by atoms with E-state index in [-0.39, 0.29) is 0 Å². The third kappa shape index (κ3) is 1.83. The van der Waals surface area contributed by atoms with Gasteiger partial charge >= 0.3 is 78.5 Å². The first-order chi connectivity index (χ1) is 5.15. The van der Waals surface area contributed by atoms with E-state index in [9.17, 15) is 0 Å². The standard InChI is InChI=1S/C10H11.W.H/c1-7-5-8(2)10(4)9(3)6-7;;/h5-6H,1-3H3;;. The van der Waals surface area contributed by atoms with E-state index in [2.05, 4.69) is 37.1 Å². The molecule has 11 heavy (non-hydrogen) atoms. The monoisotopic (exact) mass is 316 g/mol. The molecule has 1 rings (SSSR count). The first-order valence-corrected chi connectivity index (χ1v) is 5.24. The molecule has 0 bridgehead atoms. The molecule has 1 aromatic rings. The SMILES string of the molecule is Cc1cc(C)c([C]#[WH])c(C)c1. The van der Waals surface area contributed by atoms with Crippen molar-refractivity contribution in [2.24, 2.45) is 0 Å². The Bertz CT molecular complexity index is 295. The quantitative estimate of drug-likeness (QED) is 0.688. The molecule has 0 aliphatic heterocycles. The minimum absolute atomic E-state index is 1.21. The zero-order valence-electron chi connectivity index (χ0n) is 7.10. The molecule has 0 aromatic heterocycles. The number of aryl methyl sites for hydroxylation is 3. The zero-order valence-corrected chi connectivity index (χ0v) is 10.3. The molecule has 0 saturated heterocycles. The van der Waals surface area contributed by atoms with Crippen molar-refractivity contribution in [3.63, 3.8) is 0 Å². The zero-order chi connectivity index (χ0) is 8.43. The van der Waals surface area contributed by atoms with E-state index in [0.29, 0.717) is 0 Å². The van der Waals surface area contributed by atoms with Gasteiger partial charge in [-0.3, -0.25) is 0 Å². The molecule has 0 saturated carbocycles. The summed E-state index contributed by atoms with van der Waals surface area (Å²) in [5.74, 6) is 0. The fraction of sp³-hybridized carbons (Fsp3) is 0.300. The first-order valence-electron chi connectivity index (χ1n) is 3.63. The Hall–Kier alpha value is -0.312. The van der Waals surface area contributed by atoms with Gasteiger partial charge in [-0.25, -0.2) is 0 Å². The van der Waals surface area contributed by atoms with Crippen LogP contribution in [0, 0.1) is 25.0 Å². The van der Waals surface area contributed by atoms with Gasteiger partial charge in [-0.15, -0.1) is 0 Å². The molecular weight excluding hydrogens is 304 g/mol. The molecule has 0 radical (unpaired) electrons. The Morgan fingerprint density at radius 3 is 1.91 bits per heavy atom. The van der Waals surface area contributed by atoms with Gasteiger partial charge in [-0.05, 0) is 0 Å². The molecule has 0 atom stereocenters. The van der Waals surface area contributed by atoms with Crippen LogP contribution in [-0.2, 0) is 19.2 Å². The molecule has 58 valence electrons. The molecule has 1 aromatic carbocycles. The van der Waals surface area contributed by atoms with Crippen LogP contribution in [0.3, 0.4) is 0 Å². The normalized spacial score (nSPS) is 9.36. The van der Waals surface area contributed by atoms with Gasteiger partial charge < -0.3 is 0 Å². The summed E-state index contributed by atoms with van der Waals surface area (Å²) in [4.78, 5) is 0. The molecule has 0 nitrogen and oxygen atoms in total. The van der Waals surface area contributed by atoms with Crippen molar-refractivity contribution in [1.82, 2.24) is 0 Å². The van der Waals surface area contributed by atoms with Crippen LogP contribution >= 0.6 is 0 Å². The fourth-order valence-corrected chi connectivity index (χ4v) is 2.62. The Morgan fingerprint density at radius 1 is 1.09 bits per heavy atom. The van der Waals surface area contributed by atoms with Crippen LogP contribution in [-0.4, -0.2) is 0 Å². The van der Waals surface area contributed by atoms with Gasteiger partial charge in [0.05, 0.1) is 0 Å². The average Bonchev–Trinajstić information content (AvgIpc) is 1.85. The Balaban J connectivity index is 3.40. The van der Waals surface area contributed by atoms with E-state index in [1.165, 1.54) is 41.4 Å². The van der Waals surface area contributed by atoms with Gasteiger partial charge in [0.25, 0.3) is 0 Å². The molecule has 0 fully saturated rings. The van der Waals surface area contributed by atoms with E-state index < -0.39 is 0 Å². The van der Waals surface area contributed by atoms with Crippen molar-refractivity contribution in [1.29, 1.82) is 0 Å². The fourth-order valence-electron chi connectivity index (χ4n) is 1.36. The van der Waals surface area contributed by atoms with Crippen LogP contribution in [0.4, 0.5) is 0 Å². The number of rotatable bonds is 0. The average molecular weight is 316 g/mol. The van der Waals surface area contributed by atoms with Gasteiger partial charge in [-0.1, -0.05) is 0 Å². The maximum absolute atomic E-state index is 3.30. The van der Waals surface area contributed by atoms with Crippen molar-refractivity contribution >= 4 is 0 Å². The maximum atomic E-state index is 3.30. The molecule has 1 heteroatoms. The van der Waals surface area contributed by atoms with Crippen LogP contribution in [0.25, 0.3) is 0 Å². The van der Waals surface area contributed by atoms with Crippen LogP contribution in [0.5, 0.6) is 0 Å². The van der Waals surface area contributed by atoms with Gasteiger partial charge in [0.2, 0.25) is 0 Å². The summed E-state index contributed by atoms with van der Waals surface area (Å²) >= 11 is 1.21. The molecule has 0 aliphatic carbocycles. The van der Waals surface area contributed by atoms with Crippen molar-refractivity contribution in [3.05, 3.63) is 34.4 Å². The summed E-state index contributed by atoms with van der Waals surface area (Å²) < 4.78 is 3.30. The van der Waals surface area contributed by atoms with Crippen LogP contribution in [0.2, 0.25) is 0 Å². The van der Waals surface area contributed by atoms with E-state index in [4.69, 9.17) is 0 Å². The topological polar surface area (TPSA) is 0 Å². The number of hydrogen-bond acceptors (Lipinski definition) is 0. The van der Waals surface area contributed by atoms with Crippen LogP contribution < -0.4 is 0 Å². The van der Waals surface area contributed by atoms with Crippen molar-refractivity contribution in [2.45, 2.75) is 20.8 Å². The Labute approximate surface area is 78.6 Å². The van der Waals surface area contributed by atoms with Crippen molar-refractivity contribution in [3.8, 4) is 4.20 Å². The van der Waals surface area contributed by atoms with E-state index in [1.54, 1.807) is 0 Å². The molecule has 0 amide bonds. The second-order valence-corrected chi connectivity index (χ2v) is 3.69. The summed E-state index contributed by atoms with van der Waals surface area (Å²) in [6.45, 7) is 6.43. The Morgan fingerprint density at radius 2 is 1.55 bits per heavy atom. The van der Waals surface area contributed by atoms with E-state index in [1.807, 2.05) is 0 Å². The third-order valence-electron chi connectivity index (χ3n) is 1.79. The van der Waals surface area contributed by atoms with Crippen molar-refractivity contribution in [2.75, 3.05) is 0 Å². The first kappa shape index (κ1) is 8.78. The molecule has 0 unspecified atom stereocenters. The second kappa shape index (κ2) is 3.39. The van der Waals surface area contributed by atoms with Gasteiger partial charge in [-0.2, -0.15) is 0 Å². The third-order valence-corrected chi connectivity index (χ3v) is 2.59. The minimum atomic E-state index is 1.21. The van der Waals surface area contributed by atoms with Gasteiger partial charge in [0, 0.05) is 0 Å². The Kier molecular flexibility index (Phi) is 2.71. The summed E-state index contributed by atoms with van der Waals surface area (Å²) in [5, 5.41) is 0. The molecule has 0 aliphatic rings. The van der Waals surface area contributed by atoms with Gasteiger partial charge in [0.15, 0.2) is 0 Å². The van der Waals surface area contributed by atoms with Crippen LogP contribution in [0.15, 0.2) is 12.1 Å². The molecule has 0 heterocycles. The summed E-state index contributed by atoms with van der Waals surface area (Å²) in [6.07, 6.45) is 0. The van der Waals surface area contributed by atoms with Crippen molar-refractivity contribution < 1.29 is 19.2 Å². The van der Waals surface area contributed by atoms with E-state index >= 15 is 0 Å². The molecular formula is C10H12W. The molecule has 0 N–H and O–H groups in total. The van der Waals surface area contributed by atoms with Crippen LogP contribution in [0.1, 0.15) is 22.3 Å².